The Morgan fingerprint density at radius 2 is 1.74 bits per heavy atom. The van der Waals surface area contributed by atoms with E-state index in [4.69, 9.17) is 14.2 Å². The van der Waals surface area contributed by atoms with Gasteiger partial charge in [0.25, 0.3) is 0 Å². The Hall–Kier alpha value is -2.63. The summed E-state index contributed by atoms with van der Waals surface area (Å²) in [6.45, 7) is 5.01. The van der Waals surface area contributed by atoms with E-state index in [-0.39, 0.29) is 0 Å². The van der Waals surface area contributed by atoms with Gasteiger partial charge in [-0.05, 0) is 36.5 Å². The number of carbonyl (C=O) groups is 3. The molecular formula is C21H24O6. The maximum atomic E-state index is 13.0. The predicted octanol–water partition coefficient (Wildman–Crippen LogP) is 2.79. The summed E-state index contributed by atoms with van der Waals surface area (Å²) in [6.07, 6.45) is 0.387. The number of rotatable bonds is 3. The number of carbonyl (C=O) groups excluding carboxylic acids is 3. The average molecular weight is 372 g/mol. The molecule has 6 heteroatoms. The molecule has 0 saturated heterocycles. The highest BCUT2D eigenvalue weighted by molar-refractivity contribution is 6.21. The summed E-state index contributed by atoms with van der Waals surface area (Å²) in [7, 11) is 2.61. The molecule has 0 heterocycles. The summed E-state index contributed by atoms with van der Waals surface area (Å²) < 4.78 is 15.7. The van der Waals surface area contributed by atoms with Gasteiger partial charge in [-0.3, -0.25) is 9.59 Å². The van der Waals surface area contributed by atoms with E-state index in [1.807, 2.05) is 31.2 Å². The molecule has 3 rings (SSSR count). The van der Waals surface area contributed by atoms with Gasteiger partial charge in [0, 0.05) is 12.3 Å². The number of fused-ring (bicyclic) bond motifs is 3. The van der Waals surface area contributed by atoms with Crippen LogP contribution in [0.4, 0.5) is 0 Å². The Labute approximate surface area is 158 Å². The normalized spacial score (nSPS) is 28.9. The minimum Gasteiger partial charge on any atom is -0.468 e. The first-order valence-corrected chi connectivity index (χ1v) is 8.90. The van der Waals surface area contributed by atoms with Gasteiger partial charge in [-0.15, -0.1) is 0 Å². The fraction of sp³-hybridized carbons (Fsp3) is 0.476. The van der Waals surface area contributed by atoms with Crippen LogP contribution in [-0.2, 0) is 34.0 Å². The standard InChI is InChI=1S/C21H24O6/c1-12(22)27-15-10-11-20(2)14-9-7-6-8-13(14)16(18(23)25-4)17(20)21(15,3)19(24)26-5/h6-9,15H,10-11H2,1-5H3. The first-order valence-electron chi connectivity index (χ1n) is 8.90. The summed E-state index contributed by atoms with van der Waals surface area (Å²) in [5.74, 6) is -1.53. The Bertz CT molecular complexity index is 854. The molecule has 6 nitrogen and oxygen atoms in total. The van der Waals surface area contributed by atoms with Crippen LogP contribution in [0.5, 0.6) is 0 Å². The lowest BCUT2D eigenvalue weighted by Gasteiger charge is -2.48. The van der Waals surface area contributed by atoms with Crippen LogP contribution >= 0.6 is 0 Å². The zero-order valence-electron chi connectivity index (χ0n) is 16.3. The molecule has 1 saturated carbocycles. The van der Waals surface area contributed by atoms with Crippen molar-refractivity contribution < 1.29 is 28.6 Å². The molecule has 2 aliphatic carbocycles. The second kappa shape index (κ2) is 6.51. The Morgan fingerprint density at radius 1 is 1.07 bits per heavy atom. The van der Waals surface area contributed by atoms with E-state index in [1.165, 1.54) is 21.1 Å². The third kappa shape index (κ3) is 2.58. The van der Waals surface area contributed by atoms with Crippen molar-refractivity contribution in [1.82, 2.24) is 0 Å². The second-order valence-electron chi connectivity index (χ2n) is 7.45. The molecule has 1 aromatic rings. The highest BCUT2D eigenvalue weighted by Crippen LogP contribution is 2.61. The molecule has 3 unspecified atom stereocenters. The third-order valence-electron chi connectivity index (χ3n) is 5.97. The van der Waals surface area contributed by atoms with Crippen LogP contribution in [0, 0.1) is 5.41 Å². The molecule has 0 aromatic heterocycles. The second-order valence-corrected chi connectivity index (χ2v) is 7.45. The lowest BCUT2D eigenvalue weighted by Crippen LogP contribution is -2.53. The summed E-state index contributed by atoms with van der Waals surface area (Å²) in [6, 6.07) is 7.59. The van der Waals surface area contributed by atoms with Crippen molar-refractivity contribution in [3.63, 3.8) is 0 Å². The van der Waals surface area contributed by atoms with Crippen LogP contribution in [0.1, 0.15) is 44.7 Å². The molecule has 0 spiro atoms. The van der Waals surface area contributed by atoms with Gasteiger partial charge in [0.1, 0.15) is 11.5 Å². The van der Waals surface area contributed by atoms with Gasteiger partial charge in [0.05, 0.1) is 19.8 Å². The monoisotopic (exact) mass is 372 g/mol. The van der Waals surface area contributed by atoms with Crippen molar-refractivity contribution in [3.8, 4) is 0 Å². The maximum absolute atomic E-state index is 13.0. The number of esters is 3. The van der Waals surface area contributed by atoms with E-state index >= 15 is 0 Å². The van der Waals surface area contributed by atoms with Gasteiger partial charge in [-0.1, -0.05) is 31.2 Å². The Balaban J connectivity index is 2.35. The molecule has 0 radical (unpaired) electrons. The fourth-order valence-corrected chi connectivity index (χ4v) is 4.83. The molecule has 27 heavy (non-hydrogen) atoms. The van der Waals surface area contributed by atoms with Gasteiger partial charge in [0.15, 0.2) is 0 Å². The molecule has 3 atom stereocenters. The Morgan fingerprint density at radius 3 is 2.33 bits per heavy atom. The zero-order valence-corrected chi connectivity index (χ0v) is 16.3. The molecule has 1 fully saturated rings. The predicted molar refractivity (Wildman–Crippen MR) is 97.6 cm³/mol. The number of benzene rings is 1. The first-order chi connectivity index (χ1) is 12.7. The van der Waals surface area contributed by atoms with Crippen LogP contribution in [0.25, 0.3) is 5.57 Å². The van der Waals surface area contributed by atoms with Crippen molar-refractivity contribution in [2.75, 3.05) is 14.2 Å². The van der Waals surface area contributed by atoms with E-state index in [0.717, 1.165) is 11.1 Å². The fourth-order valence-electron chi connectivity index (χ4n) is 4.83. The van der Waals surface area contributed by atoms with Gasteiger partial charge in [-0.2, -0.15) is 0 Å². The van der Waals surface area contributed by atoms with Gasteiger partial charge >= 0.3 is 17.9 Å². The molecule has 1 aromatic carbocycles. The lowest BCUT2D eigenvalue weighted by atomic mass is 9.57. The van der Waals surface area contributed by atoms with Gasteiger partial charge in [-0.25, -0.2) is 4.79 Å². The number of ether oxygens (including phenoxy) is 3. The summed E-state index contributed by atoms with van der Waals surface area (Å²) in [5, 5.41) is 0. The number of hydrogen-bond acceptors (Lipinski definition) is 6. The molecule has 144 valence electrons. The third-order valence-corrected chi connectivity index (χ3v) is 5.97. The lowest BCUT2D eigenvalue weighted by molar-refractivity contribution is -0.168. The van der Waals surface area contributed by atoms with Crippen molar-refractivity contribution in [3.05, 3.63) is 41.0 Å². The van der Waals surface area contributed by atoms with Crippen molar-refractivity contribution in [2.45, 2.75) is 45.1 Å². The smallest absolute Gasteiger partial charge is 0.338 e. The van der Waals surface area contributed by atoms with Crippen LogP contribution < -0.4 is 0 Å². The topological polar surface area (TPSA) is 78.9 Å². The maximum Gasteiger partial charge on any atom is 0.338 e. The van der Waals surface area contributed by atoms with Crippen molar-refractivity contribution in [1.29, 1.82) is 0 Å². The Kier molecular flexibility index (Phi) is 4.62. The van der Waals surface area contributed by atoms with Gasteiger partial charge < -0.3 is 14.2 Å². The molecular weight excluding hydrogens is 348 g/mol. The van der Waals surface area contributed by atoms with Crippen molar-refractivity contribution >= 4 is 23.5 Å². The van der Waals surface area contributed by atoms with E-state index in [0.29, 0.717) is 24.0 Å². The SMILES string of the molecule is COC(=O)C1=C2C(C)(CCC(OC(C)=O)C2(C)C(=O)OC)c2ccccc21. The number of hydrogen-bond donors (Lipinski definition) is 0. The molecule has 0 bridgehead atoms. The highest BCUT2D eigenvalue weighted by Gasteiger charge is 2.61. The number of methoxy groups -OCH3 is 2. The first kappa shape index (κ1) is 19.1. The minimum atomic E-state index is -1.30. The van der Waals surface area contributed by atoms with Crippen LogP contribution in [0.3, 0.4) is 0 Å². The molecule has 0 N–H and O–H groups in total. The summed E-state index contributed by atoms with van der Waals surface area (Å²) in [5.41, 5.74) is 0.834. The van der Waals surface area contributed by atoms with Crippen LogP contribution in [0.15, 0.2) is 29.8 Å². The highest BCUT2D eigenvalue weighted by atomic mass is 16.6. The van der Waals surface area contributed by atoms with E-state index < -0.39 is 34.8 Å². The van der Waals surface area contributed by atoms with E-state index in [9.17, 15) is 14.4 Å². The molecule has 2 aliphatic rings. The zero-order chi connectivity index (χ0) is 20.0. The summed E-state index contributed by atoms with van der Waals surface area (Å²) in [4.78, 5) is 37.4. The summed E-state index contributed by atoms with van der Waals surface area (Å²) >= 11 is 0. The van der Waals surface area contributed by atoms with E-state index in [1.54, 1.807) is 6.92 Å². The quantitative estimate of drug-likeness (QED) is 0.600. The van der Waals surface area contributed by atoms with Crippen LogP contribution in [0.2, 0.25) is 0 Å². The van der Waals surface area contributed by atoms with Crippen molar-refractivity contribution in [2.24, 2.45) is 5.41 Å². The molecule has 0 amide bonds. The average Bonchev–Trinajstić information content (AvgIpc) is 2.93. The van der Waals surface area contributed by atoms with Gasteiger partial charge in [0.2, 0.25) is 0 Å². The van der Waals surface area contributed by atoms with Crippen LogP contribution in [-0.4, -0.2) is 38.2 Å². The largest absolute Gasteiger partial charge is 0.468 e. The minimum absolute atomic E-state index is 0.361. The van der Waals surface area contributed by atoms with E-state index in [2.05, 4.69) is 0 Å². The molecule has 0 aliphatic heterocycles.